The predicted octanol–water partition coefficient (Wildman–Crippen LogP) is -0.584. The van der Waals surface area contributed by atoms with Gasteiger partial charge in [0.2, 0.25) is 0 Å². The molecular formula is C8H6O4S. The summed E-state index contributed by atoms with van der Waals surface area (Å²) in [5, 5.41) is -2.28. The lowest BCUT2D eigenvalue weighted by atomic mass is 10.1. The molecule has 2 bridgehead atoms. The van der Waals surface area contributed by atoms with Crippen molar-refractivity contribution in [2.75, 3.05) is 0 Å². The zero-order chi connectivity index (χ0) is 9.64. The van der Waals surface area contributed by atoms with Crippen LogP contribution in [0.5, 0.6) is 0 Å². The predicted molar refractivity (Wildman–Crippen MR) is 44.8 cm³/mol. The molecule has 68 valence electrons. The number of ketones is 2. The van der Waals surface area contributed by atoms with Crippen LogP contribution in [0.15, 0.2) is 24.3 Å². The van der Waals surface area contributed by atoms with Gasteiger partial charge in [0.1, 0.15) is 10.5 Å². The fraction of sp³-hybridized carbons (Fsp3) is 0.250. The summed E-state index contributed by atoms with van der Waals surface area (Å²) in [5.41, 5.74) is 0. The average molecular weight is 198 g/mol. The van der Waals surface area contributed by atoms with Gasteiger partial charge < -0.3 is 0 Å². The normalized spacial score (nSPS) is 35.1. The number of hydrogen-bond donors (Lipinski definition) is 0. The highest BCUT2D eigenvalue weighted by atomic mass is 32.2. The van der Waals surface area contributed by atoms with E-state index in [-0.39, 0.29) is 0 Å². The van der Waals surface area contributed by atoms with Crippen molar-refractivity contribution in [1.29, 1.82) is 0 Å². The van der Waals surface area contributed by atoms with E-state index in [2.05, 4.69) is 0 Å². The molecule has 0 aromatic carbocycles. The smallest absolute Gasteiger partial charge is 0.178 e. The van der Waals surface area contributed by atoms with E-state index >= 15 is 0 Å². The molecule has 5 heteroatoms. The Hall–Kier alpha value is -1.23. The number of allylic oxidation sites excluding steroid dienone is 2. The van der Waals surface area contributed by atoms with Crippen molar-refractivity contribution in [3.05, 3.63) is 24.3 Å². The maximum atomic E-state index is 11.5. The molecule has 2 aliphatic rings. The van der Waals surface area contributed by atoms with Gasteiger partial charge in [-0.2, -0.15) is 0 Å². The summed E-state index contributed by atoms with van der Waals surface area (Å²) in [6.07, 6.45) is 4.63. The van der Waals surface area contributed by atoms with E-state index in [0.29, 0.717) is 0 Å². The number of rotatable bonds is 0. The molecule has 2 aliphatic heterocycles. The molecule has 0 saturated carbocycles. The Labute approximate surface area is 74.9 Å². The van der Waals surface area contributed by atoms with Gasteiger partial charge in [-0.15, -0.1) is 0 Å². The lowest BCUT2D eigenvalue weighted by Crippen LogP contribution is -2.44. The van der Waals surface area contributed by atoms with Gasteiger partial charge >= 0.3 is 0 Å². The zero-order valence-electron chi connectivity index (χ0n) is 6.51. The molecule has 0 saturated heterocycles. The van der Waals surface area contributed by atoms with E-state index < -0.39 is 31.9 Å². The second-order valence-electron chi connectivity index (χ2n) is 2.95. The quantitative estimate of drug-likeness (QED) is 0.522. The molecular weight excluding hydrogens is 192 g/mol. The third-order valence-corrected chi connectivity index (χ3v) is 4.33. The van der Waals surface area contributed by atoms with Crippen LogP contribution < -0.4 is 0 Å². The maximum Gasteiger partial charge on any atom is 0.178 e. The van der Waals surface area contributed by atoms with Gasteiger partial charge in [-0.3, -0.25) is 9.59 Å². The fourth-order valence-corrected chi connectivity index (χ4v) is 3.16. The van der Waals surface area contributed by atoms with E-state index in [9.17, 15) is 18.0 Å². The van der Waals surface area contributed by atoms with E-state index in [0.717, 1.165) is 24.3 Å². The van der Waals surface area contributed by atoms with Crippen molar-refractivity contribution < 1.29 is 18.0 Å². The van der Waals surface area contributed by atoms with Gasteiger partial charge in [0, 0.05) is 0 Å². The van der Waals surface area contributed by atoms with Gasteiger partial charge in [0.05, 0.1) is 0 Å². The van der Waals surface area contributed by atoms with Crippen LogP contribution in [0.1, 0.15) is 0 Å². The first kappa shape index (κ1) is 8.37. The fourth-order valence-electron chi connectivity index (χ4n) is 1.44. The van der Waals surface area contributed by atoms with Crippen LogP contribution in [-0.4, -0.2) is 30.5 Å². The molecule has 2 rings (SSSR count). The highest BCUT2D eigenvalue weighted by Gasteiger charge is 2.44. The maximum absolute atomic E-state index is 11.5. The monoisotopic (exact) mass is 198 g/mol. The Morgan fingerprint density at radius 2 is 1.31 bits per heavy atom. The van der Waals surface area contributed by atoms with Gasteiger partial charge in [-0.05, 0) is 12.2 Å². The Morgan fingerprint density at radius 3 is 1.69 bits per heavy atom. The van der Waals surface area contributed by atoms with Crippen molar-refractivity contribution >= 4 is 21.4 Å². The Kier molecular flexibility index (Phi) is 1.53. The number of fused-ring (bicyclic) bond motifs is 2. The van der Waals surface area contributed by atoms with Gasteiger partial charge in [0.25, 0.3) is 0 Å². The molecule has 0 aliphatic carbocycles. The van der Waals surface area contributed by atoms with E-state index in [1.165, 1.54) is 0 Å². The molecule has 2 unspecified atom stereocenters. The van der Waals surface area contributed by atoms with Crippen LogP contribution in [0.4, 0.5) is 0 Å². The summed E-state index contributed by atoms with van der Waals surface area (Å²) in [6.45, 7) is 0. The van der Waals surface area contributed by atoms with Crippen molar-refractivity contribution in [1.82, 2.24) is 0 Å². The third-order valence-electron chi connectivity index (χ3n) is 2.14. The largest absolute Gasteiger partial charge is 0.293 e. The SMILES string of the molecule is O=C1C=CC2C(=O)C=CC1S2(=O)=O. The first-order chi connectivity index (χ1) is 6.03. The summed E-state index contributed by atoms with van der Waals surface area (Å²) < 4.78 is 22.9. The topological polar surface area (TPSA) is 68.3 Å². The third kappa shape index (κ3) is 1.00. The highest BCUT2D eigenvalue weighted by Crippen LogP contribution is 2.24. The summed E-state index contributed by atoms with van der Waals surface area (Å²) in [4.78, 5) is 22.2. The zero-order valence-corrected chi connectivity index (χ0v) is 7.32. The lowest BCUT2D eigenvalue weighted by molar-refractivity contribution is -0.114. The Bertz CT molecular complexity index is 405. The lowest BCUT2D eigenvalue weighted by Gasteiger charge is -2.23. The first-order valence-electron chi connectivity index (χ1n) is 3.70. The molecule has 0 radical (unpaired) electrons. The van der Waals surface area contributed by atoms with Gasteiger partial charge in [0.15, 0.2) is 21.4 Å². The summed E-state index contributed by atoms with van der Waals surface area (Å²) in [5.74, 6) is -0.944. The highest BCUT2D eigenvalue weighted by molar-refractivity contribution is 7.94. The first-order valence-corrected chi connectivity index (χ1v) is 5.31. The van der Waals surface area contributed by atoms with E-state index in [1.807, 2.05) is 0 Å². The van der Waals surface area contributed by atoms with Gasteiger partial charge in [-0.25, -0.2) is 8.42 Å². The molecule has 13 heavy (non-hydrogen) atoms. The molecule has 0 amide bonds. The van der Waals surface area contributed by atoms with Crippen LogP contribution >= 0.6 is 0 Å². The van der Waals surface area contributed by atoms with Crippen LogP contribution in [0.25, 0.3) is 0 Å². The second-order valence-corrected chi connectivity index (χ2v) is 5.15. The molecule has 2 atom stereocenters. The Morgan fingerprint density at radius 1 is 0.923 bits per heavy atom. The van der Waals surface area contributed by atoms with Crippen molar-refractivity contribution in [2.24, 2.45) is 0 Å². The number of carbonyl (C=O) groups excluding carboxylic acids is 2. The molecule has 0 aromatic heterocycles. The molecule has 0 N–H and O–H groups in total. The van der Waals surface area contributed by atoms with E-state index in [1.54, 1.807) is 0 Å². The van der Waals surface area contributed by atoms with Crippen molar-refractivity contribution in [2.45, 2.75) is 10.5 Å². The number of sulfone groups is 1. The number of carbonyl (C=O) groups is 2. The number of hydrogen-bond acceptors (Lipinski definition) is 4. The molecule has 2 heterocycles. The van der Waals surface area contributed by atoms with Crippen LogP contribution in [-0.2, 0) is 19.4 Å². The second kappa shape index (κ2) is 2.38. The molecule has 0 fully saturated rings. The average Bonchev–Trinajstić information content (AvgIpc) is 1.99. The van der Waals surface area contributed by atoms with Crippen LogP contribution in [0, 0.1) is 0 Å². The minimum Gasteiger partial charge on any atom is -0.293 e. The van der Waals surface area contributed by atoms with Crippen molar-refractivity contribution in [3.63, 3.8) is 0 Å². The van der Waals surface area contributed by atoms with Crippen molar-refractivity contribution in [3.8, 4) is 0 Å². The van der Waals surface area contributed by atoms with Gasteiger partial charge in [-0.1, -0.05) is 12.2 Å². The van der Waals surface area contributed by atoms with Crippen LogP contribution in [0.2, 0.25) is 0 Å². The van der Waals surface area contributed by atoms with E-state index in [4.69, 9.17) is 0 Å². The standard InChI is InChI=1S/C8H6O4S/c9-5-1-3-7-6(10)2-4-8(5)13(7,11)12/h1-4,7-8H. The Balaban J connectivity index is 2.69. The molecule has 0 spiro atoms. The summed E-state index contributed by atoms with van der Waals surface area (Å²) in [6, 6.07) is 0. The molecule has 0 aromatic rings. The summed E-state index contributed by atoms with van der Waals surface area (Å²) in [7, 11) is -3.64. The summed E-state index contributed by atoms with van der Waals surface area (Å²) >= 11 is 0. The minimum atomic E-state index is -3.64. The van der Waals surface area contributed by atoms with Crippen LogP contribution in [0.3, 0.4) is 0 Å². The molecule has 4 nitrogen and oxygen atoms in total. The minimum absolute atomic E-state index is 0.472.